The highest BCUT2D eigenvalue weighted by molar-refractivity contribution is 7.99. The molecular weight excluding hydrogens is 254 g/mol. The molecule has 1 unspecified atom stereocenters. The van der Waals surface area contributed by atoms with Crippen molar-refractivity contribution in [2.24, 2.45) is 17.6 Å². The van der Waals surface area contributed by atoms with E-state index < -0.39 is 0 Å². The number of hydrogen-bond donors (Lipinski definition) is 1. The van der Waals surface area contributed by atoms with Crippen molar-refractivity contribution in [2.45, 2.75) is 69.4 Å². The van der Waals surface area contributed by atoms with E-state index in [-0.39, 0.29) is 11.1 Å². The standard InChI is InChI=1S/C16H29NOS/c1-13-2-5-16(17,6-3-13)14-4-9-18-15(12-14)7-10-19-11-8-15/h13-14H,2-12,17H2,1H3. The first-order valence-electron chi connectivity index (χ1n) is 8.13. The van der Waals surface area contributed by atoms with E-state index in [1.807, 2.05) is 0 Å². The fraction of sp³-hybridized carbons (Fsp3) is 1.00. The predicted molar refractivity (Wildman–Crippen MR) is 82.5 cm³/mol. The van der Waals surface area contributed by atoms with Crippen LogP contribution in [0, 0.1) is 11.8 Å². The molecule has 0 bridgehead atoms. The zero-order valence-corrected chi connectivity index (χ0v) is 13.1. The minimum absolute atomic E-state index is 0.119. The summed E-state index contributed by atoms with van der Waals surface area (Å²) >= 11 is 2.09. The Hall–Kier alpha value is 0.270. The van der Waals surface area contributed by atoms with Gasteiger partial charge in [-0.1, -0.05) is 6.92 Å². The van der Waals surface area contributed by atoms with Crippen LogP contribution in [0.5, 0.6) is 0 Å². The van der Waals surface area contributed by atoms with Crippen molar-refractivity contribution in [1.29, 1.82) is 0 Å². The third-order valence-corrected chi connectivity index (χ3v) is 6.90. The van der Waals surface area contributed by atoms with Crippen LogP contribution in [0.3, 0.4) is 0 Å². The van der Waals surface area contributed by atoms with E-state index >= 15 is 0 Å². The molecule has 2 N–H and O–H groups in total. The zero-order chi connectivity index (χ0) is 13.3. The third kappa shape index (κ3) is 2.98. The molecule has 1 spiro atoms. The number of rotatable bonds is 1. The highest BCUT2D eigenvalue weighted by Crippen LogP contribution is 2.46. The summed E-state index contributed by atoms with van der Waals surface area (Å²) in [6.45, 7) is 3.33. The zero-order valence-electron chi connectivity index (χ0n) is 12.3. The molecule has 2 saturated heterocycles. The molecule has 3 heteroatoms. The van der Waals surface area contributed by atoms with Crippen molar-refractivity contribution in [1.82, 2.24) is 0 Å². The van der Waals surface area contributed by atoms with E-state index in [9.17, 15) is 0 Å². The van der Waals surface area contributed by atoms with Crippen molar-refractivity contribution in [3.05, 3.63) is 0 Å². The van der Waals surface area contributed by atoms with Gasteiger partial charge >= 0.3 is 0 Å². The molecule has 1 aliphatic carbocycles. The molecule has 1 saturated carbocycles. The Morgan fingerprint density at radius 3 is 2.42 bits per heavy atom. The Labute approximate surface area is 122 Å². The van der Waals surface area contributed by atoms with Gasteiger partial charge < -0.3 is 10.5 Å². The largest absolute Gasteiger partial charge is 0.375 e. The molecule has 0 aromatic heterocycles. The van der Waals surface area contributed by atoms with E-state index in [2.05, 4.69) is 18.7 Å². The summed E-state index contributed by atoms with van der Waals surface area (Å²) in [5, 5.41) is 0. The van der Waals surface area contributed by atoms with Gasteiger partial charge in [-0.15, -0.1) is 0 Å². The van der Waals surface area contributed by atoms with Crippen LogP contribution in [0.4, 0.5) is 0 Å². The average molecular weight is 283 g/mol. The fourth-order valence-corrected chi connectivity index (χ4v) is 5.55. The smallest absolute Gasteiger partial charge is 0.0701 e. The lowest BCUT2D eigenvalue weighted by molar-refractivity contribution is -0.117. The van der Waals surface area contributed by atoms with Crippen LogP contribution in [-0.2, 0) is 4.74 Å². The lowest BCUT2D eigenvalue weighted by atomic mass is 9.65. The molecule has 110 valence electrons. The predicted octanol–water partition coefficient (Wildman–Crippen LogP) is 3.59. The average Bonchev–Trinajstić information content (AvgIpc) is 2.43. The highest BCUT2D eigenvalue weighted by Gasteiger charge is 2.46. The number of nitrogens with two attached hydrogens (primary N) is 1. The van der Waals surface area contributed by atoms with Crippen LogP contribution in [-0.4, -0.2) is 29.3 Å². The lowest BCUT2D eigenvalue weighted by Gasteiger charge is -2.50. The van der Waals surface area contributed by atoms with Gasteiger partial charge in [0.05, 0.1) is 5.60 Å². The Bertz CT molecular complexity index is 300. The molecule has 2 heterocycles. The van der Waals surface area contributed by atoms with Crippen molar-refractivity contribution < 1.29 is 4.74 Å². The van der Waals surface area contributed by atoms with Crippen LogP contribution < -0.4 is 5.73 Å². The van der Waals surface area contributed by atoms with Crippen LogP contribution in [0.1, 0.15) is 58.3 Å². The maximum Gasteiger partial charge on any atom is 0.0701 e. The summed E-state index contributed by atoms with van der Waals surface area (Å²) in [6.07, 6.45) is 10.1. The van der Waals surface area contributed by atoms with E-state index in [4.69, 9.17) is 10.5 Å². The van der Waals surface area contributed by atoms with E-state index in [0.717, 1.165) is 12.5 Å². The van der Waals surface area contributed by atoms with Gasteiger partial charge in [0.25, 0.3) is 0 Å². The van der Waals surface area contributed by atoms with Gasteiger partial charge in [-0.05, 0) is 74.7 Å². The van der Waals surface area contributed by atoms with Crippen LogP contribution in [0.2, 0.25) is 0 Å². The van der Waals surface area contributed by atoms with Crippen molar-refractivity contribution in [3.8, 4) is 0 Å². The molecule has 3 aliphatic rings. The van der Waals surface area contributed by atoms with Crippen molar-refractivity contribution >= 4 is 11.8 Å². The molecule has 0 radical (unpaired) electrons. The van der Waals surface area contributed by atoms with Gasteiger partial charge in [0.15, 0.2) is 0 Å². The van der Waals surface area contributed by atoms with Crippen molar-refractivity contribution in [2.75, 3.05) is 18.1 Å². The third-order valence-electron chi connectivity index (χ3n) is 5.92. The van der Waals surface area contributed by atoms with Gasteiger partial charge in [0, 0.05) is 12.1 Å². The first-order valence-corrected chi connectivity index (χ1v) is 9.28. The topological polar surface area (TPSA) is 35.2 Å². The molecule has 19 heavy (non-hydrogen) atoms. The maximum absolute atomic E-state index is 6.83. The number of hydrogen-bond acceptors (Lipinski definition) is 3. The summed E-state index contributed by atoms with van der Waals surface area (Å²) < 4.78 is 6.22. The molecule has 1 atom stereocenters. The normalized spacial score (nSPS) is 43.3. The molecular formula is C16H29NOS. The second-order valence-electron chi connectivity index (χ2n) is 7.25. The summed E-state index contributed by atoms with van der Waals surface area (Å²) in [7, 11) is 0. The summed E-state index contributed by atoms with van der Waals surface area (Å²) in [5.74, 6) is 4.15. The fourth-order valence-electron chi connectivity index (χ4n) is 4.32. The van der Waals surface area contributed by atoms with Crippen molar-refractivity contribution in [3.63, 3.8) is 0 Å². The van der Waals surface area contributed by atoms with Gasteiger partial charge in [-0.2, -0.15) is 11.8 Å². The minimum Gasteiger partial charge on any atom is -0.375 e. The van der Waals surface area contributed by atoms with Crippen LogP contribution >= 0.6 is 11.8 Å². The monoisotopic (exact) mass is 283 g/mol. The van der Waals surface area contributed by atoms with Gasteiger partial charge in [0.2, 0.25) is 0 Å². The van der Waals surface area contributed by atoms with Gasteiger partial charge in [-0.25, -0.2) is 0 Å². The van der Waals surface area contributed by atoms with Gasteiger partial charge in [0.1, 0.15) is 0 Å². The first-order chi connectivity index (χ1) is 9.12. The molecule has 3 fully saturated rings. The quantitative estimate of drug-likeness (QED) is 0.799. The van der Waals surface area contributed by atoms with Crippen LogP contribution in [0.15, 0.2) is 0 Å². The molecule has 0 aromatic rings. The van der Waals surface area contributed by atoms with E-state index in [1.165, 1.54) is 62.9 Å². The lowest BCUT2D eigenvalue weighted by Crippen LogP contribution is -2.55. The molecule has 2 aliphatic heterocycles. The van der Waals surface area contributed by atoms with Gasteiger partial charge in [-0.3, -0.25) is 0 Å². The Morgan fingerprint density at radius 1 is 1.05 bits per heavy atom. The Morgan fingerprint density at radius 2 is 1.74 bits per heavy atom. The first kappa shape index (κ1) is 14.2. The number of thioether (sulfide) groups is 1. The Balaban J connectivity index is 1.67. The van der Waals surface area contributed by atoms with E-state index in [0.29, 0.717) is 5.92 Å². The molecule has 0 aromatic carbocycles. The summed E-state index contributed by atoms with van der Waals surface area (Å²) in [5.41, 5.74) is 7.14. The maximum atomic E-state index is 6.83. The minimum atomic E-state index is 0.119. The second kappa shape index (κ2) is 5.57. The van der Waals surface area contributed by atoms with Crippen LogP contribution in [0.25, 0.3) is 0 Å². The SMILES string of the molecule is CC1CCC(N)(C2CCOC3(CCSCC3)C2)CC1. The highest BCUT2D eigenvalue weighted by atomic mass is 32.2. The number of ether oxygens (including phenoxy) is 1. The molecule has 2 nitrogen and oxygen atoms in total. The summed E-state index contributed by atoms with van der Waals surface area (Å²) in [4.78, 5) is 0. The second-order valence-corrected chi connectivity index (χ2v) is 8.47. The summed E-state index contributed by atoms with van der Waals surface area (Å²) in [6, 6.07) is 0. The molecule has 3 rings (SSSR count). The molecule has 0 amide bonds. The van der Waals surface area contributed by atoms with E-state index in [1.54, 1.807) is 0 Å². The Kier molecular flexibility index (Phi) is 4.17.